The number of nitrogens with two attached hydrogens (primary N) is 1. The Morgan fingerprint density at radius 1 is 1.45 bits per heavy atom. The molecule has 1 aromatic carbocycles. The zero-order valence-electron chi connectivity index (χ0n) is 10.9. The molecule has 0 aliphatic carbocycles. The molecule has 0 saturated heterocycles. The van der Waals surface area contributed by atoms with Crippen LogP contribution in [-0.2, 0) is 7.05 Å². The van der Waals surface area contributed by atoms with Gasteiger partial charge in [-0.25, -0.2) is 15.5 Å². The number of nitrogen functional groups attached to an aromatic ring is 1. The molecule has 0 radical (unpaired) electrons. The molecular weight excluding hydrogens is 278 g/mol. The van der Waals surface area contributed by atoms with Gasteiger partial charge >= 0.3 is 0 Å². The van der Waals surface area contributed by atoms with Gasteiger partial charge in [0, 0.05) is 18.4 Å². The van der Waals surface area contributed by atoms with Crippen LogP contribution in [0.4, 0.5) is 0 Å². The smallest absolute Gasteiger partial charge is 0.265 e. The van der Waals surface area contributed by atoms with Crippen molar-refractivity contribution in [3.05, 3.63) is 36.2 Å². The molecule has 0 atom stereocenters. The van der Waals surface area contributed by atoms with Gasteiger partial charge in [0.1, 0.15) is 12.1 Å². The number of nitrogens with one attached hydrogen (secondary N) is 1. The number of carbonyl (C=O) groups excluding carboxylic acids is 1. The van der Waals surface area contributed by atoms with Crippen LogP contribution in [-0.4, -0.2) is 33.0 Å². The predicted octanol–water partition coefficient (Wildman–Crippen LogP) is 0.590. The average Bonchev–Trinajstić information content (AvgIpc) is 2.89. The first-order chi connectivity index (χ1) is 9.70. The Morgan fingerprint density at radius 2 is 2.20 bits per heavy atom. The molecule has 0 fully saturated rings. The van der Waals surface area contributed by atoms with E-state index in [1.165, 1.54) is 6.33 Å². The summed E-state index contributed by atoms with van der Waals surface area (Å²) in [6.07, 6.45) is 1.52. The number of rotatable bonds is 6. The van der Waals surface area contributed by atoms with Crippen molar-refractivity contribution in [2.45, 2.75) is 5.16 Å². The molecule has 106 valence electrons. The van der Waals surface area contributed by atoms with Gasteiger partial charge < -0.3 is 4.74 Å². The molecule has 1 aromatic heterocycles. The molecule has 20 heavy (non-hydrogen) atoms. The van der Waals surface area contributed by atoms with E-state index in [1.807, 2.05) is 7.05 Å². The Hall–Kier alpha value is -2.06. The lowest BCUT2D eigenvalue weighted by Gasteiger charge is -2.06. The molecule has 0 saturated carbocycles. The number of ether oxygens (including phenoxy) is 1. The third kappa shape index (κ3) is 3.72. The van der Waals surface area contributed by atoms with Crippen molar-refractivity contribution in [1.29, 1.82) is 0 Å². The highest BCUT2D eigenvalue weighted by molar-refractivity contribution is 7.99. The number of thioether (sulfide) groups is 1. The second-order valence-corrected chi connectivity index (χ2v) is 4.92. The van der Waals surface area contributed by atoms with E-state index in [0.717, 1.165) is 10.9 Å². The summed E-state index contributed by atoms with van der Waals surface area (Å²) in [7, 11) is 1.84. The lowest BCUT2D eigenvalue weighted by Crippen LogP contribution is -2.29. The first kappa shape index (κ1) is 14.4. The number of amides is 1. The van der Waals surface area contributed by atoms with Crippen molar-refractivity contribution in [2.24, 2.45) is 12.9 Å². The maximum atomic E-state index is 11.3. The highest BCUT2D eigenvalue weighted by Gasteiger charge is 2.04. The molecule has 7 nitrogen and oxygen atoms in total. The Bertz CT molecular complexity index is 569. The number of aryl methyl sites for hydroxylation is 1. The zero-order chi connectivity index (χ0) is 14.4. The minimum absolute atomic E-state index is 0.325. The van der Waals surface area contributed by atoms with Gasteiger partial charge in [-0.05, 0) is 24.3 Å². The summed E-state index contributed by atoms with van der Waals surface area (Å²) in [4.78, 5) is 15.4. The van der Waals surface area contributed by atoms with Crippen LogP contribution in [0.5, 0.6) is 5.75 Å². The monoisotopic (exact) mass is 293 g/mol. The van der Waals surface area contributed by atoms with E-state index in [1.54, 1.807) is 40.7 Å². The number of benzene rings is 1. The van der Waals surface area contributed by atoms with Crippen molar-refractivity contribution in [2.75, 3.05) is 12.4 Å². The maximum absolute atomic E-state index is 11.3. The summed E-state index contributed by atoms with van der Waals surface area (Å²) in [5.74, 6) is 6.19. The second-order valence-electron chi connectivity index (χ2n) is 3.86. The average molecular weight is 293 g/mol. The first-order valence-electron chi connectivity index (χ1n) is 5.91. The fourth-order valence-corrected chi connectivity index (χ4v) is 2.20. The van der Waals surface area contributed by atoms with Crippen molar-refractivity contribution in [3.63, 3.8) is 0 Å². The van der Waals surface area contributed by atoms with Crippen LogP contribution in [0.25, 0.3) is 0 Å². The van der Waals surface area contributed by atoms with Crippen molar-refractivity contribution in [3.8, 4) is 5.75 Å². The molecule has 8 heteroatoms. The summed E-state index contributed by atoms with van der Waals surface area (Å²) in [5.41, 5.74) is 2.57. The highest BCUT2D eigenvalue weighted by atomic mass is 32.2. The highest BCUT2D eigenvalue weighted by Crippen LogP contribution is 2.15. The normalized spacial score (nSPS) is 10.3. The van der Waals surface area contributed by atoms with Gasteiger partial charge in [-0.2, -0.15) is 5.10 Å². The fraction of sp³-hybridized carbons (Fsp3) is 0.250. The summed E-state index contributed by atoms with van der Waals surface area (Å²) in [6, 6.07) is 6.79. The first-order valence-corrected chi connectivity index (χ1v) is 6.90. The molecule has 3 N–H and O–H groups in total. The van der Waals surface area contributed by atoms with Crippen LogP contribution in [0.15, 0.2) is 35.7 Å². The molecule has 1 amide bonds. The molecule has 0 spiro atoms. The summed E-state index contributed by atoms with van der Waals surface area (Å²) in [6.45, 7) is 0.542. The molecule has 0 aliphatic heterocycles. The van der Waals surface area contributed by atoms with Crippen molar-refractivity contribution in [1.82, 2.24) is 20.2 Å². The van der Waals surface area contributed by atoms with Gasteiger partial charge in [0.05, 0.1) is 6.61 Å². The number of hydrazine groups is 1. The molecule has 2 aromatic rings. The maximum Gasteiger partial charge on any atom is 0.265 e. The standard InChI is InChI=1S/C12H15N5O2S/c1-17-12(14-8-15-17)20-7-6-19-10-4-2-9(3-5-10)11(18)16-13/h2-5,8H,6-7,13H2,1H3,(H,16,18). The fourth-order valence-electron chi connectivity index (χ4n) is 1.49. The van der Waals surface area contributed by atoms with Crippen LogP contribution >= 0.6 is 11.8 Å². The van der Waals surface area contributed by atoms with E-state index in [0.29, 0.717) is 17.9 Å². The van der Waals surface area contributed by atoms with Crippen LogP contribution in [0.1, 0.15) is 10.4 Å². The van der Waals surface area contributed by atoms with Crippen LogP contribution < -0.4 is 16.0 Å². The van der Waals surface area contributed by atoms with E-state index in [-0.39, 0.29) is 5.91 Å². The zero-order valence-corrected chi connectivity index (χ0v) is 11.8. The molecule has 0 aliphatic rings. The third-order valence-electron chi connectivity index (χ3n) is 2.50. The van der Waals surface area contributed by atoms with Gasteiger partial charge in [-0.3, -0.25) is 10.2 Å². The van der Waals surface area contributed by atoms with E-state index >= 15 is 0 Å². The molecule has 2 rings (SSSR count). The quantitative estimate of drug-likeness (QED) is 0.266. The van der Waals surface area contributed by atoms with Gasteiger partial charge in [-0.15, -0.1) is 0 Å². The van der Waals surface area contributed by atoms with Gasteiger partial charge in [-0.1, -0.05) is 11.8 Å². The van der Waals surface area contributed by atoms with Gasteiger partial charge in [0.15, 0.2) is 5.16 Å². The SMILES string of the molecule is Cn1ncnc1SCCOc1ccc(C(=O)NN)cc1. The number of aromatic nitrogens is 3. The summed E-state index contributed by atoms with van der Waals surface area (Å²) < 4.78 is 7.28. The van der Waals surface area contributed by atoms with Crippen LogP contribution in [0.2, 0.25) is 0 Å². The molecule has 0 unspecified atom stereocenters. The minimum atomic E-state index is -0.325. The molecule has 0 bridgehead atoms. The number of carbonyl (C=O) groups is 1. The van der Waals surface area contributed by atoms with E-state index < -0.39 is 0 Å². The third-order valence-corrected chi connectivity index (χ3v) is 3.50. The lowest BCUT2D eigenvalue weighted by molar-refractivity contribution is 0.0953. The minimum Gasteiger partial charge on any atom is -0.493 e. The number of nitrogens with zero attached hydrogens (tertiary/aromatic N) is 3. The number of hydrogen-bond acceptors (Lipinski definition) is 6. The van der Waals surface area contributed by atoms with Crippen molar-refractivity contribution < 1.29 is 9.53 Å². The van der Waals surface area contributed by atoms with Gasteiger partial charge in [0.25, 0.3) is 5.91 Å². The molecule has 1 heterocycles. The largest absolute Gasteiger partial charge is 0.493 e. The van der Waals surface area contributed by atoms with Crippen LogP contribution in [0.3, 0.4) is 0 Å². The van der Waals surface area contributed by atoms with Gasteiger partial charge in [0.2, 0.25) is 0 Å². The second kappa shape index (κ2) is 6.92. The number of hydrogen-bond donors (Lipinski definition) is 2. The lowest BCUT2D eigenvalue weighted by atomic mass is 10.2. The Morgan fingerprint density at radius 3 is 2.80 bits per heavy atom. The Labute approximate surface area is 120 Å². The summed E-state index contributed by atoms with van der Waals surface area (Å²) in [5, 5.41) is 4.83. The summed E-state index contributed by atoms with van der Waals surface area (Å²) >= 11 is 1.57. The van der Waals surface area contributed by atoms with Crippen LogP contribution in [0, 0.1) is 0 Å². The molecular formula is C12H15N5O2S. The van der Waals surface area contributed by atoms with E-state index in [4.69, 9.17) is 10.6 Å². The topological polar surface area (TPSA) is 95.1 Å². The Balaban J connectivity index is 1.77. The van der Waals surface area contributed by atoms with E-state index in [2.05, 4.69) is 15.5 Å². The predicted molar refractivity (Wildman–Crippen MR) is 75.3 cm³/mol. The van der Waals surface area contributed by atoms with E-state index in [9.17, 15) is 4.79 Å². The van der Waals surface area contributed by atoms with Crippen molar-refractivity contribution >= 4 is 17.7 Å². The Kier molecular flexibility index (Phi) is 4.97.